The molecule has 0 amide bonds. The van der Waals surface area contributed by atoms with E-state index < -0.39 is 5.60 Å². The van der Waals surface area contributed by atoms with Crippen LogP contribution < -0.4 is 0 Å². The highest BCUT2D eigenvalue weighted by molar-refractivity contribution is 14.1. The summed E-state index contributed by atoms with van der Waals surface area (Å²) in [6.07, 6.45) is 1.60. The molecule has 1 rings (SSSR count). The highest BCUT2D eigenvalue weighted by Crippen LogP contribution is 2.22. The minimum absolute atomic E-state index is 0.418. The molecular weight excluding hydrogens is 231 g/mol. The van der Waals surface area contributed by atoms with Crippen LogP contribution in [0.15, 0.2) is 0 Å². The summed E-state index contributed by atoms with van der Waals surface area (Å²) in [6, 6.07) is 0. The second-order valence-electron chi connectivity index (χ2n) is 2.47. The molecule has 3 heteroatoms. The molecule has 0 aromatic heterocycles. The topological polar surface area (TPSA) is 29.5 Å². The van der Waals surface area contributed by atoms with Crippen molar-refractivity contribution in [3.8, 4) is 0 Å². The maximum atomic E-state index is 9.59. The first-order chi connectivity index (χ1) is 4.27. The van der Waals surface area contributed by atoms with E-state index in [1.807, 2.05) is 0 Å². The summed E-state index contributed by atoms with van der Waals surface area (Å²) in [5.74, 6) is 0. The van der Waals surface area contributed by atoms with E-state index in [2.05, 4.69) is 22.6 Å². The molecule has 0 saturated carbocycles. The van der Waals surface area contributed by atoms with Gasteiger partial charge in [0.2, 0.25) is 0 Å². The fourth-order valence-corrected chi connectivity index (χ4v) is 1.65. The van der Waals surface area contributed by atoms with Crippen molar-refractivity contribution in [3.63, 3.8) is 0 Å². The van der Waals surface area contributed by atoms with Gasteiger partial charge in [-0.05, 0) is 0 Å². The second-order valence-corrected chi connectivity index (χ2v) is 3.23. The van der Waals surface area contributed by atoms with Gasteiger partial charge in [0.25, 0.3) is 0 Å². The van der Waals surface area contributed by atoms with Crippen LogP contribution in [-0.2, 0) is 4.74 Å². The number of hydrogen-bond acceptors (Lipinski definition) is 2. The van der Waals surface area contributed by atoms with Gasteiger partial charge in [-0.15, -0.1) is 0 Å². The van der Waals surface area contributed by atoms with Gasteiger partial charge in [-0.3, -0.25) is 0 Å². The standard InChI is InChI=1S/C6H11IO2/c7-5-6(8)1-3-9-4-2-6/h8H,1-5H2. The SMILES string of the molecule is OC1(CI)CCOCC1. The molecule has 1 aliphatic rings. The van der Waals surface area contributed by atoms with Crippen molar-refractivity contribution in [2.75, 3.05) is 17.6 Å². The summed E-state index contributed by atoms with van der Waals surface area (Å²) < 4.78 is 5.93. The summed E-state index contributed by atoms with van der Waals surface area (Å²) in [5, 5.41) is 9.59. The lowest BCUT2D eigenvalue weighted by Gasteiger charge is -2.29. The predicted octanol–water partition coefficient (Wildman–Crippen LogP) is 0.963. The molecule has 0 atom stereocenters. The Morgan fingerprint density at radius 2 is 2.00 bits per heavy atom. The molecule has 1 saturated heterocycles. The Balaban J connectivity index is 2.37. The van der Waals surface area contributed by atoms with Crippen molar-refractivity contribution >= 4 is 22.6 Å². The average molecular weight is 242 g/mol. The van der Waals surface area contributed by atoms with Crippen LogP contribution in [0.4, 0.5) is 0 Å². The van der Waals surface area contributed by atoms with E-state index in [-0.39, 0.29) is 0 Å². The van der Waals surface area contributed by atoms with Crippen LogP contribution in [0.5, 0.6) is 0 Å². The Morgan fingerprint density at radius 3 is 2.33 bits per heavy atom. The zero-order chi connectivity index (χ0) is 6.74. The monoisotopic (exact) mass is 242 g/mol. The molecule has 0 spiro atoms. The van der Waals surface area contributed by atoms with Gasteiger partial charge in [0.1, 0.15) is 0 Å². The first kappa shape index (κ1) is 7.75. The van der Waals surface area contributed by atoms with Crippen LogP contribution in [0, 0.1) is 0 Å². The Morgan fingerprint density at radius 1 is 1.44 bits per heavy atom. The number of halogens is 1. The maximum Gasteiger partial charge on any atom is 0.0780 e. The second kappa shape index (κ2) is 3.16. The molecule has 0 aliphatic carbocycles. The van der Waals surface area contributed by atoms with Gasteiger partial charge in [0, 0.05) is 30.5 Å². The lowest BCUT2D eigenvalue weighted by atomic mass is 9.97. The van der Waals surface area contributed by atoms with Gasteiger partial charge < -0.3 is 9.84 Å². The number of ether oxygens (including phenoxy) is 1. The van der Waals surface area contributed by atoms with Crippen molar-refractivity contribution in [2.24, 2.45) is 0 Å². The fraction of sp³-hybridized carbons (Fsp3) is 1.00. The Kier molecular flexibility index (Phi) is 2.73. The summed E-state index contributed by atoms with van der Waals surface area (Å²) in [6.45, 7) is 1.44. The van der Waals surface area contributed by atoms with Crippen molar-refractivity contribution in [1.29, 1.82) is 0 Å². The molecule has 0 aromatic rings. The average Bonchev–Trinajstić information content (AvgIpc) is 1.90. The third kappa shape index (κ3) is 2.05. The zero-order valence-corrected chi connectivity index (χ0v) is 7.43. The number of rotatable bonds is 1. The van der Waals surface area contributed by atoms with Crippen molar-refractivity contribution in [1.82, 2.24) is 0 Å². The fourth-order valence-electron chi connectivity index (χ4n) is 0.885. The number of aliphatic hydroxyl groups is 1. The molecule has 1 N–H and O–H groups in total. The van der Waals surface area contributed by atoms with Crippen LogP contribution in [-0.4, -0.2) is 28.3 Å². The summed E-state index contributed by atoms with van der Waals surface area (Å²) in [4.78, 5) is 0. The highest BCUT2D eigenvalue weighted by atomic mass is 127. The van der Waals surface area contributed by atoms with Crippen LogP contribution in [0.25, 0.3) is 0 Å². The Labute approximate surface area is 68.7 Å². The van der Waals surface area contributed by atoms with Crippen molar-refractivity contribution in [2.45, 2.75) is 18.4 Å². The molecular formula is C6H11IO2. The summed E-state index contributed by atoms with van der Waals surface area (Å²) >= 11 is 2.22. The maximum absolute atomic E-state index is 9.59. The van der Waals surface area contributed by atoms with Crippen LogP contribution >= 0.6 is 22.6 Å². The summed E-state index contributed by atoms with van der Waals surface area (Å²) in [7, 11) is 0. The molecule has 9 heavy (non-hydrogen) atoms. The lowest BCUT2D eigenvalue weighted by Crippen LogP contribution is -2.37. The van der Waals surface area contributed by atoms with Gasteiger partial charge in [-0.1, -0.05) is 22.6 Å². The first-order valence-corrected chi connectivity index (χ1v) is 4.65. The third-order valence-corrected chi connectivity index (χ3v) is 3.09. The Hall–Kier alpha value is 0.650. The minimum atomic E-state index is -0.418. The highest BCUT2D eigenvalue weighted by Gasteiger charge is 2.27. The molecule has 1 fully saturated rings. The number of hydrogen-bond donors (Lipinski definition) is 1. The molecule has 0 radical (unpaired) electrons. The molecule has 1 heterocycles. The van der Waals surface area contributed by atoms with E-state index in [0.29, 0.717) is 0 Å². The quantitative estimate of drug-likeness (QED) is 0.548. The van der Waals surface area contributed by atoms with Gasteiger partial charge >= 0.3 is 0 Å². The van der Waals surface area contributed by atoms with E-state index in [1.165, 1.54) is 0 Å². The molecule has 2 nitrogen and oxygen atoms in total. The predicted molar refractivity (Wildman–Crippen MR) is 43.9 cm³/mol. The Bertz CT molecular complexity index is 89.1. The van der Waals surface area contributed by atoms with Gasteiger partial charge in [0.05, 0.1) is 5.60 Å². The lowest BCUT2D eigenvalue weighted by molar-refractivity contribution is -0.0458. The van der Waals surface area contributed by atoms with Crippen molar-refractivity contribution < 1.29 is 9.84 Å². The molecule has 0 aromatic carbocycles. The van der Waals surface area contributed by atoms with Gasteiger partial charge in [0.15, 0.2) is 0 Å². The normalized spacial score (nSPS) is 26.0. The first-order valence-electron chi connectivity index (χ1n) is 3.13. The minimum Gasteiger partial charge on any atom is -0.389 e. The van der Waals surface area contributed by atoms with Crippen LogP contribution in [0.1, 0.15) is 12.8 Å². The largest absolute Gasteiger partial charge is 0.389 e. The summed E-state index contributed by atoms with van der Waals surface area (Å²) in [5.41, 5.74) is -0.418. The smallest absolute Gasteiger partial charge is 0.0780 e. The van der Waals surface area contributed by atoms with Crippen LogP contribution in [0.3, 0.4) is 0 Å². The van der Waals surface area contributed by atoms with E-state index in [1.54, 1.807) is 0 Å². The van der Waals surface area contributed by atoms with E-state index in [0.717, 1.165) is 30.5 Å². The molecule has 54 valence electrons. The number of alkyl halides is 1. The van der Waals surface area contributed by atoms with Crippen molar-refractivity contribution in [3.05, 3.63) is 0 Å². The van der Waals surface area contributed by atoms with Gasteiger partial charge in [-0.2, -0.15) is 0 Å². The molecule has 0 bridgehead atoms. The molecule has 0 unspecified atom stereocenters. The molecule has 1 aliphatic heterocycles. The van der Waals surface area contributed by atoms with Gasteiger partial charge in [-0.25, -0.2) is 0 Å². The zero-order valence-electron chi connectivity index (χ0n) is 5.27. The van der Waals surface area contributed by atoms with E-state index in [4.69, 9.17) is 4.74 Å². The van der Waals surface area contributed by atoms with Crippen LogP contribution in [0.2, 0.25) is 0 Å². The van der Waals surface area contributed by atoms with E-state index >= 15 is 0 Å². The van der Waals surface area contributed by atoms with E-state index in [9.17, 15) is 5.11 Å². The third-order valence-electron chi connectivity index (χ3n) is 1.67.